The SMILES string of the molecule is Cc1c([N+](=O)[O-])c(C(F)F)nn1CC(=O)Nc1cccc(O)c1. The Hall–Kier alpha value is -3.04. The number of carbonyl (C=O) groups excluding carboxylic acids is 1. The first-order valence-electron chi connectivity index (χ1n) is 6.38. The molecule has 0 aliphatic heterocycles. The molecule has 2 N–H and O–H groups in total. The van der Waals surface area contributed by atoms with Crippen LogP contribution in [0.3, 0.4) is 0 Å². The van der Waals surface area contributed by atoms with Crippen LogP contribution in [0.4, 0.5) is 20.2 Å². The van der Waals surface area contributed by atoms with Gasteiger partial charge in [0.05, 0.1) is 4.92 Å². The van der Waals surface area contributed by atoms with Gasteiger partial charge in [-0.2, -0.15) is 5.10 Å². The molecule has 8 nitrogen and oxygen atoms in total. The van der Waals surface area contributed by atoms with Gasteiger partial charge in [0.1, 0.15) is 18.0 Å². The monoisotopic (exact) mass is 326 g/mol. The van der Waals surface area contributed by atoms with Gasteiger partial charge in [0.15, 0.2) is 0 Å². The van der Waals surface area contributed by atoms with Crippen molar-refractivity contribution in [3.05, 3.63) is 45.8 Å². The molecule has 1 aromatic carbocycles. The number of nitrogens with one attached hydrogen (secondary N) is 1. The summed E-state index contributed by atoms with van der Waals surface area (Å²) in [5.41, 5.74) is -1.62. The van der Waals surface area contributed by atoms with Gasteiger partial charge in [-0.25, -0.2) is 8.78 Å². The Kier molecular flexibility index (Phi) is 4.53. The second-order valence-corrected chi connectivity index (χ2v) is 4.63. The number of benzene rings is 1. The van der Waals surface area contributed by atoms with Gasteiger partial charge in [-0.15, -0.1) is 0 Å². The van der Waals surface area contributed by atoms with E-state index in [1.165, 1.54) is 31.2 Å². The Bertz CT molecular complexity index is 760. The number of anilines is 1. The summed E-state index contributed by atoms with van der Waals surface area (Å²) >= 11 is 0. The summed E-state index contributed by atoms with van der Waals surface area (Å²) in [6.45, 7) is 0.758. The molecule has 2 rings (SSSR count). The summed E-state index contributed by atoms with van der Waals surface area (Å²) in [5.74, 6) is -0.689. The molecule has 0 unspecified atom stereocenters. The number of hydrogen-bond donors (Lipinski definition) is 2. The van der Waals surface area contributed by atoms with Gasteiger partial charge in [0.2, 0.25) is 11.6 Å². The first-order valence-corrected chi connectivity index (χ1v) is 6.38. The number of hydrogen-bond acceptors (Lipinski definition) is 5. The standard InChI is InChI=1S/C13H12F2N4O4/c1-7-12(19(22)23)11(13(14)15)17-18(7)6-10(21)16-8-3-2-4-9(20)5-8/h2-5,13,20H,6H2,1H3,(H,16,21). The van der Waals surface area contributed by atoms with Gasteiger partial charge in [0, 0.05) is 11.8 Å². The average molecular weight is 326 g/mol. The molecule has 122 valence electrons. The number of aromatic nitrogens is 2. The van der Waals surface area contributed by atoms with Crippen LogP contribution >= 0.6 is 0 Å². The molecular formula is C13H12F2N4O4. The molecule has 2 aromatic rings. The smallest absolute Gasteiger partial charge is 0.319 e. The zero-order valence-corrected chi connectivity index (χ0v) is 11.9. The lowest BCUT2D eigenvalue weighted by molar-refractivity contribution is -0.386. The van der Waals surface area contributed by atoms with E-state index < -0.39 is 35.2 Å². The molecule has 10 heteroatoms. The summed E-state index contributed by atoms with van der Waals surface area (Å²) in [6, 6.07) is 5.72. The minimum absolute atomic E-state index is 0.0614. The highest BCUT2D eigenvalue weighted by atomic mass is 19.3. The first-order chi connectivity index (χ1) is 10.8. The number of carbonyl (C=O) groups is 1. The van der Waals surface area contributed by atoms with Crippen LogP contribution in [0.5, 0.6) is 5.75 Å². The normalized spacial score (nSPS) is 10.8. The van der Waals surface area contributed by atoms with Crippen LogP contribution in [0.25, 0.3) is 0 Å². The number of phenols is 1. The van der Waals surface area contributed by atoms with Crippen LogP contribution in [0.1, 0.15) is 17.8 Å². The van der Waals surface area contributed by atoms with Crippen LogP contribution in [-0.2, 0) is 11.3 Å². The molecule has 0 bridgehead atoms. The number of aromatic hydroxyl groups is 1. The molecule has 0 fully saturated rings. The molecule has 1 amide bonds. The van der Waals surface area contributed by atoms with Crippen molar-refractivity contribution >= 4 is 17.3 Å². The summed E-state index contributed by atoms with van der Waals surface area (Å²) in [6.07, 6.45) is -3.12. The lowest BCUT2D eigenvalue weighted by atomic mass is 10.3. The highest BCUT2D eigenvalue weighted by molar-refractivity contribution is 5.90. The van der Waals surface area contributed by atoms with E-state index in [4.69, 9.17) is 0 Å². The second-order valence-electron chi connectivity index (χ2n) is 4.63. The van der Waals surface area contributed by atoms with Crippen molar-refractivity contribution < 1.29 is 23.6 Å². The summed E-state index contributed by atoms with van der Waals surface area (Å²) < 4.78 is 26.4. The molecule has 0 radical (unpaired) electrons. The van der Waals surface area contributed by atoms with E-state index >= 15 is 0 Å². The number of phenolic OH excluding ortho intramolecular Hbond substituents is 1. The van der Waals surface area contributed by atoms with Gasteiger partial charge < -0.3 is 10.4 Å². The van der Waals surface area contributed by atoms with Crippen LogP contribution < -0.4 is 5.32 Å². The topological polar surface area (TPSA) is 110 Å². The fourth-order valence-electron chi connectivity index (χ4n) is 2.01. The molecule has 1 aromatic heterocycles. The molecule has 0 aliphatic rings. The number of alkyl halides is 2. The van der Waals surface area contributed by atoms with E-state index in [2.05, 4.69) is 10.4 Å². The predicted octanol–water partition coefficient (Wildman–Crippen LogP) is 2.38. The Balaban J connectivity index is 2.21. The quantitative estimate of drug-likeness (QED) is 0.647. The third kappa shape index (κ3) is 3.59. The van der Waals surface area contributed by atoms with Gasteiger partial charge >= 0.3 is 5.69 Å². The molecule has 0 spiro atoms. The lowest BCUT2D eigenvalue weighted by Crippen LogP contribution is -2.20. The second kappa shape index (κ2) is 6.38. The zero-order valence-electron chi connectivity index (χ0n) is 11.9. The lowest BCUT2D eigenvalue weighted by Gasteiger charge is -2.06. The van der Waals surface area contributed by atoms with Crippen molar-refractivity contribution in [2.45, 2.75) is 19.9 Å². The van der Waals surface area contributed by atoms with E-state index in [-0.39, 0.29) is 11.4 Å². The Morgan fingerprint density at radius 2 is 2.22 bits per heavy atom. The molecule has 0 atom stereocenters. The van der Waals surface area contributed by atoms with Crippen molar-refractivity contribution in [3.63, 3.8) is 0 Å². The van der Waals surface area contributed by atoms with Crippen LogP contribution in [0.15, 0.2) is 24.3 Å². The van der Waals surface area contributed by atoms with E-state index in [0.29, 0.717) is 5.69 Å². The summed E-state index contributed by atoms with van der Waals surface area (Å²) in [5, 5.41) is 26.0. The third-order valence-corrected chi connectivity index (χ3v) is 3.01. The fraction of sp³-hybridized carbons (Fsp3) is 0.231. The Labute approximate surface area is 128 Å². The van der Waals surface area contributed by atoms with Crippen LogP contribution in [0.2, 0.25) is 0 Å². The summed E-state index contributed by atoms with van der Waals surface area (Å²) in [7, 11) is 0. The van der Waals surface area contributed by atoms with Gasteiger partial charge in [-0.05, 0) is 19.1 Å². The first kappa shape index (κ1) is 16.3. The molecule has 0 aliphatic carbocycles. The maximum atomic E-state index is 12.8. The molecule has 0 saturated carbocycles. The maximum Gasteiger partial charge on any atom is 0.319 e. The van der Waals surface area contributed by atoms with Crippen molar-refractivity contribution in [2.75, 3.05) is 5.32 Å². The number of amides is 1. The van der Waals surface area contributed by atoms with Crippen molar-refractivity contribution in [2.24, 2.45) is 0 Å². The van der Waals surface area contributed by atoms with E-state index in [1.807, 2.05) is 0 Å². The highest BCUT2D eigenvalue weighted by Gasteiger charge is 2.31. The van der Waals surface area contributed by atoms with Gasteiger partial charge in [-0.1, -0.05) is 6.07 Å². The van der Waals surface area contributed by atoms with Gasteiger partial charge in [0.25, 0.3) is 6.43 Å². The molecule has 1 heterocycles. The molecule has 23 heavy (non-hydrogen) atoms. The largest absolute Gasteiger partial charge is 0.508 e. The van der Waals surface area contributed by atoms with Crippen LogP contribution in [-0.4, -0.2) is 25.7 Å². The van der Waals surface area contributed by atoms with Crippen molar-refractivity contribution in [1.29, 1.82) is 0 Å². The zero-order chi connectivity index (χ0) is 17.1. The van der Waals surface area contributed by atoms with Gasteiger partial charge in [-0.3, -0.25) is 19.6 Å². The van der Waals surface area contributed by atoms with E-state index in [1.54, 1.807) is 0 Å². The highest BCUT2D eigenvalue weighted by Crippen LogP contribution is 2.30. The fourth-order valence-corrected chi connectivity index (χ4v) is 2.01. The average Bonchev–Trinajstić information content (AvgIpc) is 2.76. The van der Waals surface area contributed by atoms with Crippen LogP contribution in [0, 0.1) is 17.0 Å². The maximum absolute atomic E-state index is 12.8. The van der Waals surface area contributed by atoms with E-state index in [0.717, 1.165) is 4.68 Å². The van der Waals surface area contributed by atoms with Crippen molar-refractivity contribution in [3.8, 4) is 5.75 Å². The molecular weight excluding hydrogens is 314 g/mol. The third-order valence-electron chi connectivity index (χ3n) is 3.01. The Morgan fingerprint density at radius 1 is 1.52 bits per heavy atom. The minimum atomic E-state index is -3.12. The van der Waals surface area contributed by atoms with Crippen molar-refractivity contribution in [1.82, 2.24) is 9.78 Å². The summed E-state index contributed by atoms with van der Waals surface area (Å²) in [4.78, 5) is 21.8. The number of nitrogens with zero attached hydrogens (tertiary/aromatic N) is 3. The van der Waals surface area contributed by atoms with E-state index in [9.17, 15) is 28.8 Å². The number of nitro groups is 1. The molecule has 0 saturated heterocycles. The number of halogens is 2. The minimum Gasteiger partial charge on any atom is -0.508 e. The predicted molar refractivity (Wildman–Crippen MR) is 75.3 cm³/mol. The Morgan fingerprint density at radius 3 is 2.74 bits per heavy atom. The number of rotatable bonds is 5.